The lowest BCUT2D eigenvalue weighted by atomic mass is 10.0. The summed E-state index contributed by atoms with van der Waals surface area (Å²) in [5.41, 5.74) is 0. The molecule has 4 nitrogen and oxygen atoms in total. The van der Waals surface area contributed by atoms with Crippen molar-refractivity contribution < 1.29 is 19.4 Å². The summed E-state index contributed by atoms with van der Waals surface area (Å²) in [6, 6.07) is 0. The molecule has 1 fully saturated rings. The second-order valence-corrected chi connectivity index (χ2v) is 3.94. The molecule has 1 aliphatic rings. The Hall–Kier alpha value is -0.610. The molecule has 0 aliphatic carbocycles. The molecule has 1 N–H and O–H groups in total. The molecule has 0 radical (unpaired) electrons. The van der Waals surface area contributed by atoms with E-state index in [4.69, 9.17) is 14.6 Å². The van der Waals surface area contributed by atoms with Gasteiger partial charge in [-0.15, -0.1) is 0 Å². The zero-order valence-electron chi connectivity index (χ0n) is 8.24. The highest BCUT2D eigenvalue weighted by Gasteiger charge is 2.36. The Morgan fingerprint density at radius 2 is 2.31 bits per heavy atom. The number of hydrogen-bond acceptors (Lipinski definition) is 3. The summed E-state index contributed by atoms with van der Waals surface area (Å²) < 4.78 is 10.9. The van der Waals surface area contributed by atoms with Crippen molar-refractivity contribution in [3.05, 3.63) is 0 Å². The maximum Gasteiger partial charge on any atom is 0.303 e. The van der Waals surface area contributed by atoms with Crippen LogP contribution in [0, 0.1) is 5.92 Å². The molecule has 0 saturated carbocycles. The Bertz CT molecular complexity index is 200. The first-order valence-electron chi connectivity index (χ1n) is 4.44. The van der Waals surface area contributed by atoms with Crippen LogP contribution in [-0.4, -0.2) is 29.6 Å². The van der Waals surface area contributed by atoms with Crippen molar-refractivity contribution in [1.82, 2.24) is 0 Å². The van der Waals surface area contributed by atoms with E-state index in [9.17, 15) is 4.79 Å². The average Bonchev–Trinajstić information content (AvgIpc) is 2.28. The molecule has 13 heavy (non-hydrogen) atoms. The molecule has 2 atom stereocenters. The van der Waals surface area contributed by atoms with E-state index < -0.39 is 11.8 Å². The first kappa shape index (κ1) is 10.5. The van der Waals surface area contributed by atoms with Gasteiger partial charge in [0.05, 0.1) is 19.1 Å². The highest BCUT2D eigenvalue weighted by Crippen LogP contribution is 2.27. The highest BCUT2D eigenvalue weighted by atomic mass is 16.7. The number of carbonyl (C=O) groups is 1. The highest BCUT2D eigenvalue weighted by molar-refractivity contribution is 5.67. The van der Waals surface area contributed by atoms with Crippen LogP contribution in [0.5, 0.6) is 0 Å². The summed E-state index contributed by atoms with van der Waals surface area (Å²) in [6.07, 6.45) is 0.0375. The Balaban J connectivity index is 2.42. The molecule has 1 unspecified atom stereocenters. The van der Waals surface area contributed by atoms with Gasteiger partial charge in [0.1, 0.15) is 0 Å². The zero-order valence-corrected chi connectivity index (χ0v) is 8.24. The summed E-state index contributed by atoms with van der Waals surface area (Å²) in [6.45, 7) is 6.02. The Morgan fingerprint density at radius 3 is 2.69 bits per heavy atom. The van der Waals surface area contributed by atoms with E-state index in [1.807, 2.05) is 20.8 Å². The van der Waals surface area contributed by atoms with Gasteiger partial charge in [0.2, 0.25) is 0 Å². The molecule has 4 heteroatoms. The number of ether oxygens (including phenoxy) is 2. The molecular formula is C9H16O4. The molecule has 1 heterocycles. The van der Waals surface area contributed by atoms with Crippen LogP contribution in [0.1, 0.15) is 27.2 Å². The van der Waals surface area contributed by atoms with Gasteiger partial charge in [0.25, 0.3) is 0 Å². The maximum absolute atomic E-state index is 10.4. The lowest BCUT2D eigenvalue weighted by Gasteiger charge is -2.19. The minimum atomic E-state index is -0.791. The van der Waals surface area contributed by atoms with Crippen molar-refractivity contribution in [3.8, 4) is 0 Å². The van der Waals surface area contributed by atoms with Gasteiger partial charge in [-0.05, 0) is 19.8 Å². The lowest BCUT2D eigenvalue weighted by Crippen LogP contribution is -2.26. The normalized spacial score (nSPS) is 28.7. The van der Waals surface area contributed by atoms with E-state index in [2.05, 4.69) is 0 Å². The molecular weight excluding hydrogens is 172 g/mol. The number of carboxylic acid groups (broad SMARTS) is 1. The van der Waals surface area contributed by atoms with Crippen LogP contribution in [0.4, 0.5) is 0 Å². The molecule has 1 rings (SSSR count). The van der Waals surface area contributed by atoms with Crippen LogP contribution >= 0.6 is 0 Å². The predicted molar refractivity (Wildman–Crippen MR) is 46.3 cm³/mol. The molecule has 76 valence electrons. The van der Waals surface area contributed by atoms with Crippen LogP contribution in [0.3, 0.4) is 0 Å². The monoisotopic (exact) mass is 188 g/mol. The third-order valence-corrected chi connectivity index (χ3v) is 2.16. The number of aliphatic carboxylic acids is 1. The topological polar surface area (TPSA) is 55.8 Å². The summed E-state index contributed by atoms with van der Waals surface area (Å²) in [5, 5.41) is 8.58. The van der Waals surface area contributed by atoms with Gasteiger partial charge in [-0.2, -0.15) is 0 Å². The fraction of sp³-hybridized carbons (Fsp3) is 0.889. The van der Waals surface area contributed by atoms with E-state index in [1.54, 1.807) is 0 Å². The minimum Gasteiger partial charge on any atom is -0.481 e. The molecule has 0 bridgehead atoms. The van der Waals surface area contributed by atoms with Crippen molar-refractivity contribution in [2.24, 2.45) is 5.92 Å². The van der Waals surface area contributed by atoms with Crippen molar-refractivity contribution in [2.45, 2.75) is 39.1 Å². The zero-order chi connectivity index (χ0) is 10.1. The van der Waals surface area contributed by atoms with Crippen LogP contribution in [0.25, 0.3) is 0 Å². The number of carboxylic acids is 1. The van der Waals surface area contributed by atoms with Crippen LogP contribution < -0.4 is 0 Å². The van der Waals surface area contributed by atoms with E-state index in [0.29, 0.717) is 6.61 Å². The van der Waals surface area contributed by atoms with Gasteiger partial charge in [-0.1, -0.05) is 6.92 Å². The standard InChI is InChI=1S/C9H16O4/c1-6(4-8(10)11)7-5-12-9(2,3)13-7/h6-7H,4-5H2,1-3H3,(H,10,11)/t6?,7-/m0/s1. The largest absolute Gasteiger partial charge is 0.481 e. The molecule has 0 spiro atoms. The quantitative estimate of drug-likeness (QED) is 0.724. The summed E-state index contributed by atoms with van der Waals surface area (Å²) >= 11 is 0. The van der Waals surface area contributed by atoms with Gasteiger partial charge in [0.15, 0.2) is 5.79 Å². The summed E-state index contributed by atoms with van der Waals surface area (Å²) in [4.78, 5) is 10.4. The third-order valence-electron chi connectivity index (χ3n) is 2.16. The Kier molecular flexibility index (Phi) is 2.93. The third kappa shape index (κ3) is 2.97. The Morgan fingerprint density at radius 1 is 1.69 bits per heavy atom. The first-order chi connectivity index (χ1) is 5.91. The van der Waals surface area contributed by atoms with Crippen molar-refractivity contribution in [2.75, 3.05) is 6.61 Å². The first-order valence-corrected chi connectivity index (χ1v) is 4.44. The van der Waals surface area contributed by atoms with E-state index in [1.165, 1.54) is 0 Å². The second-order valence-electron chi connectivity index (χ2n) is 3.94. The second kappa shape index (κ2) is 3.64. The smallest absolute Gasteiger partial charge is 0.303 e. The van der Waals surface area contributed by atoms with Gasteiger partial charge in [-0.25, -0.2) is 0 Å². The summed E-state index contributed by atoms with van der Waals surface area (Å²) in [7, 11) is 0. The minimum absolute atomic E-state index is 0.000671. The molecule has 0 aromatic carbocycles. The molecule has 0 aromatic heterocycles. The summed E-state index contributed by atoms with van der Waals surface area (Å²) in [5.74, 6) is -1.35. The van der Waals surface area contributed by atoms with Gasteiger partial charge in [-0.3, -0.25) is 4.79 Å². The molecule has 0 aromatic rings. The van der Waals surface area contributed by atoms with Crippen LogP contribution in [0.2, 0.25) is 0 Å². The van der Waals surface area contributed by atoms with Crippen molar-refractivity contribution >= 4 is 5.97 Å². The SMILES string of the molecule is CC(CC(=O)O)[C@@H]1COC(C)(C)O1. The number of rotatable bonds is 3. The number of hydrogen-bond donors (Lipinski definition) is 1. The maximum atomic E-state index is 10.4. The van der Waals surface area contributed by atoms with Crippen molar-refractivity contribution in [3.63, 3.8) is 0 Å². The molecule has 1 saturated heterocycles. The molecule has 1 aliphatic heterocycles. The van der Waals surface area contributed by atoms with Crippen LogP contribution in [-0.2, 0) is 14.3 Å². The predicted octanol–water partition coefficient (Wildman–Crippen LogP) is 1.25. The fourth-order valence-corrected chi connectivity index (χ4v) is 1.40. The van der Waals surface area contributed by atoms with E-state index >= 15 is 0 Å². The lowest BCUT2D eigenvalue weighted by molar-refractivity contribution is -0.149. The average molecular weight is 188 g/mol. The van der Waals surface area contributed by atoms with E-state index in [0.717, 1.165) is 0 Å². The van der Waals surface area contributed by atoms with Gasteiger partial charge in [0, 0.05) is 0 Å². The van der Waals surface area contributed by atoms with Crippen molar-refractivity contribution in [1.29, 1.82) is 0 Å². The fourth-order valence-electron chi connectivity index (χ4n) is 1.40. The van der Waals surface area contributed by atoms with Gasteiger partial charge >= 0.3 is 5.97 Å². The Labute approximate surface area is 77.8 Å². The van der Waals surface area contributed by atoms with Crippen LogP contribution in [0.15, 0.2) is 0 Å². The van der Waals surface area contributed by atoms with E-state index in [-0.39, 0.29) is 18.4 Å². The molecule has 0 amide bonds. The van der Waals surface area contributed by atoms with Gasteiger partial charge < -0.3 is 14.6 Å².